The van der Waals surface area contributed by atoms with E-state index < -0.39 is 0 Å². The summed E-state index contributed by atoms with van der Waals surface area (Å²) in [5, 5.41) is 7.05. The van der Waals surface area contributed by atoms with Crippen LogP contribution in [0.3, 0.4) is 0 Å². The molecule has 0 fully saturated rings. The summed E-state index contributed by atoms with van der Waals surface area (Å²) in [4.78, 5) is 4.23. The molecule has 0 unspecified atom stereocenters. The van der Waals surface area contributed by atoms with Gasteiger partial charge in [0.1, 0.15) is 6.26 Å². The van der Waals surface area contributed by atoms with Gasteiger partial charge in [0.05, 0.1) is 16.4 Å². The van der Waals surface area contributed by atoms with Gasteiger partial charge in [-0.15, -0.1) is 0 Å². The number of aromatic nitrogens is 3. The number of rotatable bonds is 3. The highest BCUT2D eigenvalue weighted by Crippen LogP contribution is 2.11. The first-order valence-electron chi connectivity index (χ1n) is 4.09. The number of nitrogens with zero attached hydrogens (tertiary/aromatic N) is 3. The van der Waals surface area contributed by atoms with Crippen LogP contribution in [-0.2, 0) is 6.54 Å². The molecule has 1 N–H and O–H groups in total. The van der Waals surface area contributed by atoms with Crippen LogP contribution in [-0.4, -0.2) is 21.8 Å². The van der Waals surface area contributed by atoms with E-state index in [-0.39, 0.29) is 0 Å². The number of halogens is 1. The third-order valence-corrected chi connectivity index (χ3v) is 2.05. The molecule has 14 heavy (non-hydrogen) atoms. The van der Waals surface area contributed by atoms with Crippen molar-refractivity contribution in [3.05, 3.63) is 28.8 Å². The van der Waals surface area contributed by atoms with Crippen molar-refractivity contribution in [1.29, 1.82) is 0 Å². The summed E-state index contributed by atoms with van der Waals surface area (Å²) in [5.41, 5.74) is 0.856. The predicted octanol–water partition coefficient (Wildman–Crippen LogP) is 1.34. The Morgan fingerprint density at radius 1 is 1.64 bits per heavy atom. The Labute approximate surface area is 89.3 Å². The van der Waals surface area contributed by atoms with Gasteiger partial charge in [0, 0.05) is 12.7 Å². The smallest absolute Gasteiger partial charge is 0.322 e. The maximum atomic E-state index is 5.25. The van der Waals surface area contributed by atoms with Crippen molar-refractivity contribution < 1.29 is 4.42 Å². The molecule has 0 aliphatic heterocycles. The highest BCUT2D eigenvalue weighted by molar-refractivity contribution is 9.10. The van der Waals surface area contributed by atoms with Crippen LogP contribution in [0.1, 0.15) is 5.69 Å². The first kappa shape index (κ1) is 9.42. The van der Waals surface area contributed by atoms with Gasteiger partial charge in [-0.2, -0.15) is 14.8 Å². The molecule has 0 aromatic carbocycles. The normalized spacial score (nSPS) is 10.7. The van der Waals surface area contributed by atoms with Gasteiger partial charge in [0.25, 0.3) is 0 Å². The van der Waals surface area contributed by atoms with Crippen LogP contribution >= 0.6 is 15.9 Å². The average molecular weight is 257 g/mol. The topological polar surface area (TPSA) is 55.9 Å². The Bertz CT molecular complexity index is 422. The molecule has 2 rings (SSSR count). The minimum atomic E-state index is 0.473. The van der Waals surface area contributed by atoms with E-state index in [0.717, 1.165) is 10.2 Å². The summed E-state index contributed by atoms with van der Waals surface area (Å²) < 4.78 is 7.71. The van der Waals surface area contributed by atoms with Crippen LogP contribution in [0, 0.1) is 0 Å². The van der Waals surface area contributed by atoms with Crippen LogP contribution in [0.5, 0.6) is 0 Å². The summed E-state index contributed by atoms with van der Waals surface area (Å²) in [6.45, 7) is 0.686. The number of hydrogen-bond donors (Lipinski definition) is 1. The first-order valence-corrected chi connectivity index (χ1v) is 4.88. The molecule has 0 radical (unpaired) electrons. The fourth-order valence-electron chi connectivity index (χ4n) is 1.07. The minimum absolute atomic E-state index is 0.473. The Balaban J connectivity index is 2.24. The summed E-state index contributed by atoms with van der Waals surface area (Å²) in [5.74, 6) is 0. The molecule has 2 aromatic heterocycles. The zero-order chi connectivity index (χ0) is 9.97. The van der Waals surface area contributed by atoms with Gasteiger partial charge in [0.2, 0.25) is 0 Å². The zero-order valence-electron chi connectivity index (χ0n) is 7.57. The van der Waals surface area contributed by atoms with E-state index >= 15 is 0 Å². The fraction of sp³-hybridized carbons (Fsp3) is 0.250. The third kappa shape index (κ3) is 1.85. The maximum absolute atomic E-state index is 5.25. The highest BCUT2D eigenvalue weighted by Gasteiger charge is 2.06. The Kier molecular flexibility index (Phi) is 2.64. The van der Waals surface area contributed by atoms with E-state index in [1.165, 1.54) is 0 Å². The second-order valence-corrected chi connectivity index (χ2v) is 3.67. The molecule has 0 aliphatic rings. The fourth-order valence-corrected chi connectivity index (χ4v) is 1.35. The lowest BCUT2D eigenvalue weighted by molar-refractivity contribution is 0.509. The standard InChI is InChI=1S/C8H9BrN4O/c1-10-3-7-5-14-8(12-7)13-4-6(9)2-11-13/h2,4-5,10H,3H2,1H3. The van der Waals surface area contributed by atoms with Crippen molar-refractivity contribution in [2.24, 2.45) is 0 Å². The van der Waals surface area contributed by atoms with Crippen molar-refractivity contribution >= 4 is 15.9 Å². The van der Waals surface area contributed by atoms with Crippen LogP contribution in [0.25, 0.3) is 6.01 Å². The van der Waals surface area contributed by atoms with Crippen molar-refractivity contribution in [3.8, 4) is 6.01 Å². The molecule has 0 atom stereocenters. The van der Waals surface area contributed by atoms with E-state index in [1.807, 2.05) is 7.05 Å². The average Bonchev–Trinajstić information content (AvgIpc) is 2.74. The molecule has 0 saturated carbocycles. The van der Waals surface area contributed by atoms with Crippen molar-refractivity contribution in [3.63, 3.8) is 0 Å². The molecule has 6 heteroatoms. The van der Waals surface area contributed by atoms with Crippen molar-refractivity contribution in [1.82, 2.24) is 20.1 Å². The Hall–Kier alpha value is -1.14. The quantitative estimate of drug-likeness (QED) is 0.901. The summed E-state index contributed by atoms with van der Waals surface area (Å²) in [6.07, 6.45) is 5.08. The van der Waals surface area contributed by atoms with E-state index in [4.69, 9.17) is 4.42 Å². The molecular formula is C8H9BrN4O. The number of oxazole rings is 1. The number of hydrogen-bond acceptors (Lipinski definition) is 4. The summed E-state index contributed by atoms with van der Waals surface area (Å²) in [6, 6.07) is 0.473. The van der Waals surface area contributed by atoms with E-state index in [2.05, 4.69) is 31.3 Å². The highest BCUT2D eigenvalue weighted by atomic mass is 79.9. The minimum Gasteiger partial charge on any atom is -0.430 e. The largest absolute Gasteiger partial charge is 0.430 e. The van der Waals surface area contributed by atoms with Crippen LogP contribution < -0.4 is 5.32 Å². The van der Waals surface area contributed by atoms with Crippen LogP contribution in [0.2, 0.25) is 0 Å². The Morgan fingerprint density at radius 3 is 3.14 bits per heavy atom. The van der Waals surface area contributed by atoms with Crippen molar-refractivity contribution in [2.45, 2.75) is 6.54 Å². The molecule has 0 amide bonds. The monoisotopic (exact) mass is 256 g/mol. The van der Waals surface area contributed by atoms with Crippen LogP contribution in [0.4, 0.5) is 0 Å². The van der Waals surface area contributed by atoms with Crippen molar-refractivity contribution in [2.75, 3.05) is 7.05 Å². The second kappa shape index (κ2) is 3.93. The predicted molar refractivity (Wildman–Crippen MR) is 54.1 cm³/mol. The summed E-state index contributed by atoms with van der Waals surface area (Å²) in [7, 11) is 1.86. The van der Waals surface area contributed by atoms with Gasteiger partial charge >= 0.3 is 6.01 Å². The lowest BCUT2D eigenvalue weighted by Gasteiger charge is -1.91. The lowest BCUT2D eigenvalue weighted by atomic mass is 10.5. The van der Waals surface area contributed by atoms with E-state index in [9.17, 15) is 0 Å². The number of nitrogens with one attached hydrogen (secondary N) is 1. The molecular weight excluding hydrogens is 248 g/mol. The van der Waals surface area contributed by atoms with E-state index in [0.29, 0.717) is 12.6 Å². The van der Waals surface area contributed by atoms with Gasteiger partial charge in [-0.3, -0.25) is 0 Å². The molecule has 74 valence electrons. The molecule has 0 saturated heterocycles. The lowest BCUT2D eigenvalue weighted by Crippen LogP contribution is -2.05. The molecule has 0 spiro atoms. The van der Waals surface area contributed by atoms with Gasteiger partial charge in [-0.1, -0.05) is 0 Å². The van der Waals surface area contributed by atoms with Gasteiger partial charge in [0.15, 0.2) is 0 Å². The van der Waals surface area contributed by atoms with Gasteiger partial charge in [-0.25, -0.2) is 0 Å². The van der Waals surface area contributed by atoms with E-state index in [1.54, 1.807) is 23.3 Å². The molecule has 2 heterocycles. The van der Waals surface area contributed by atoms with Gasteiger partial charge < -0.3 is 9.73 Å². The molecule has 0 aliphatic carbocycles. The second-order valence-electron chi connectivity index (χ2n) is 2.75. The molecule has 0 bridgehead atoms. The molecule has 2 aromatic rings. The SMILES string of the molecule is CNCc1coc(-n2cc(Br)cn2)n1. The zero-order valence-corrected chi connectivity index (χ0v) is 9.15. The van der Waals surface area contributed by atoms with Crippen LogP contribution in [0.15, 0.2) is 27.5 Å². The molecule has 5 nitrogen and oxygen atoms in total. The van der Waals surface area contributed by atoms with Gasteiger partial charge in [-0.05, 0) is 23.0 Å². The summed E-state index contributed by atoms with van der Waals surface area (Å²) >= 11 is 3.30. The first-order chi connectivity index (χ1) is 6.79. The maximum Gasteiger partial charge on any atom is 0.322 e. The Morgan fingerprint density at radius 2 is 2.50 bits per heavy atom. The third-order valence-electron chi connectivity index (χ3n) is 1.64.